The summed E-state index contributed by atoms with van der Waals surface area (Å²) in [6.07, 6.45) is 1.10. The molecule has 0 N–H and O–H groups in total. The summed E-state index contributed by atoms with van der Waals surface area (Å²) in [5, 5.41) is 0.614. The number of anilines is 1. The molecule has 0 spiro atoms. The highest BCUT2D eigenvalue weighted by molar-refractivity contribution is 7.88. The number of amides is 1. The lowest BCUT2D eigenvalue weighted by atomic mass is 10.1. The van der Waals surface area contributed by atoms with Crippen molar-refractivity contribution < 1.29 is 13.2 Å². The molecule has 1 amide bonds. The number of carbonyl (C=O) groups is 1. The van der Waals surface area contributed by atoms with E-state index in [0.717, 1.165) is 45.0 Å². The summed E-state index contributed by atoms with van der Waals surface area (Å²) in [6.45, 7) is 11.0. The molecule has 0 aliphatic heterocycles. The molecule has 156 valence electrons. The number of sulfonamides is 1. The molecule has 0 aliphatic carbocycles. The Morgan fingerprint density at radius 3 is 2.36 bits per heavy atom. The second kappa shape index (κ2) is 9.30. The van der Waals surface area contributed by atoms with Crippen molar-refractivity contribution in [1.82, 2.24) is 14.2 Å². The van der Waals surface area contributed by atoms with Crippen LogP contribution in [0.3, 0.4) is 0 Å². The molecule has 0 bridgehead atoms. The molecule has 0 saturated heterocycles. The van der Waals surface area contributed by atoms with Crippen molar-refractivity contribution in [3.8, 4) is 0 Å². The number of thiazole rings is 1. The molecule has 0 saturated carbocycles. The van der Waals surface area contributed by atoms with E-state index in [1.54, 1.807) is 4.90 Å². The summed E-state index contributed by atoms with van der Waals surface area (Å²) >= 11 is 1.47. The molecular weight excluding hydrogens is 396 g/mol. The van der Waals surface area contributed by atoms with Gasteiger partial charge in [0.2, 0.25) is 15.9 Å². The summed E-state index contributed by atoms with van der Waals surface area (Å²) in [7, 11) is -2.01. The quantitative estimate of drug-likeness (QED) is 0.616. The lowest BCUT2D eigenvalue weighted by molar-refractivity contribution is -0.118. The van der Waals surface area contributed by atoms with Crippen LogP contribution >= 0.6 is 11.3 Å². The third-order valence-electron chi connectivity index (χ3n) is 5.06. The van der Waals surface area contributed by atoms with E-state index in [-0.39, 0.29) is 12.5 Å². The van der Waals surface area contributed by atoms with Crippen LogP contribution in [0.15, 0.2) is 12.1 Å². The van der Waals surface area contributed by atoms with E-state index in [0.29, 0.717) is 18.2 Å². The number of rotatable bonds is 9. The van der Waals surface area contributed by atoms with E-state index in [9.17, 15) is 13.2 Å². The zero-order valence-corrected chi connectivity index (χ0v) is 19.2. The summed E-state index contributed by atoms with van der Waals surface area (Å²) in [5.74, 6) is -0.270. The minimum absolute atomic E-state index is 0.203. The maximum Gasteiger partial charge on any atom is 0.244 e. The van der Waals surface area contributed by atoms with Gasteiger partial charge >= 0.3 is 0 Å². The first kappa shape index (κ1) is 22.7. The van der Waals surface area contributed by atoms with Gasteiger partial charge in [-0.1, -0.05) is 31.3 Å². The Kier molecular flexibility index (Phi) is 7.55. The number of carbonyl (C=O) groups excluding carboxylic acids is 1. The lowest BCUT2D eigenvalue weighted by Gasteiger charge is -2.26. The first-order chi connectivity index (χ1) is 13.1. The number of likely N-dealkylation sites (N-methyl/N-ethyl adjacent to an activating group) is 2. The van der Waals surface area contributed by atoms with Gasteiger partial charge in [-0.2, -0.15) is 4.31 Å². The van der Waals surface area contributed by atoms with Gasteiger partial charge in [0.1, 0.15) is 0 Å². The molecule has 0 unspecified atom stereocenters. The standard InChI is InChI=1S/C19H30N4O3S2/c1-7-22(8-2)11-12-23(17(24)13-21(5)28(6,25)26)19-20-18-15(4)14(3)9-10-16(18)27-19/h9-10H,7-8,11-13H2,1-6H3. The van der Waals surface area contributed by atoms with E-state index in [1.165, 1.54) is 18.4 Å². The van der Waals surface area contributed by atoms with Gasteiger partial charge in [-0.05, 0) is 44.1 Å². The Balaban J connectivity index is 2.37. The van der Waals surface area contributed by atoms with Crippen molar-refractivity contribution in [3.05, 3.63) is 23.3 Å². The van der Waals surface area contributed by atoms with Gasteiger partial charge in [-0.3, -0.25) is 9.69 Å². The highest BCUT2D eigenvalue weighted by atomic mass is 32.2. The number of aryl methyl sites for hydroxylation is 2. The van der Waals surface area contributed by atoms with Crippen LogP contribution in [0.5, 0.6) is 0 Å². The molecule has 1 aromatic heterocycles. The monoisotopic (exact) mass is 426 g/mol. The van der Waals surface area contributed by atoms with E-state index < -0.39 is 10.0 Å². The molecule has 28 heavy (non-hydrogen) atoms. The molecule has 2 aromatic rings. The van der Waals surface area contributed by atoms with E-state index in [1.807, 2.05) is 19.9 Å². The SMILES string of the molecule is CCN(CC)CCN(C(=O)CN(C)S(C)(=O)=O)c1nc2c(C)c(C)ccc2s1. The molecule has 1 heterocycles. The van der Waals surface area contributed by atoms with Crippen LogP contribution in [0.25, 0.3) is 10.2 Å². The number of benzene rings is 1. The van der Waals surface area contributed by atoms with Crippen molar-refractivity contribution in [2.45, 2.75) is 27.7 Å². The van der Waals surface area contributed by atoms with Crippen molar-refractivity contribution in [2.24, 2.45) is 0 Å². The fourth-order valence-corrected chi connectivity index (χ4v) is 4.24. The summed E-state index contributed by atoms with van der Waals surface area (Å²) in [6, 6.07) is 4.08. The molecular formula is C19H30N4O3S2. The van der Waals surface area contributed by atoms with Crippen molar-refractivity contribution in [1.29, 1.82) is 0 Å². The second-order valence-electron chi connectivity index (χ2n) is 6.94. The predicted octanol–water partition coefficient (Wildman–Crippen LogP) is 2.48. The van der Waals surface area contributed by atoms with Gasteiger partial charge in [0.15, 0.2) is 5.13 Å². The van der Waals surface area contributed by atoms with Crippen LogP contribution in [0, 0.1) is 13.8 Å². The van der Waals surface area contributed by atoms with Crippen LogP contribution in [-0.2, 0) is 14.8 Å². The molecule has 0 radical (unpaired) electrons. The van der Waals surface area contributed by atoms with Crippen LogP contribution in [-0.4, -0.2) is 74.5 Å². The smallest absolute Gasteiger partial charge is 0.244 e. The predicted molar refractivity (Wildman–Crippen MR) is 117 cm³/mol. The number of aromatic nitrogens is 1. The number of hydrogen-bond acceptors (Lipinski definition) is 6. The van der Waals surface area contributed by atoms with Crippen molar-refractivity contribution >= 4 is 42.6 Å². The first-order valence-corrected chi connectivity index (χ1v) is 12.1. The fourth-order valence-electron chi connectivity index (χ4n) is 2.83. The zero-order valence-electron chi connectivity index (χ0n) is 17.5. The Labute approximate surface area is 172 Å². The molecule has 1 aromatic carbocycles. The Morgan fingerprint density at radius 2 is 1.79 bits per heavy atom. The van der Waals surface area contributed by atoms with Gasteiger partial charge in [0.05, 0.1) is 23.0 Å². The van der Waals surface area contributed by atoms with Crippen molar-refractivity contribution in [2.75, 3.05) is 50.9 Å². The van der Waals surface area contributed by atoms with Crippen LogP contribution < -0.4 is 4.90 Å². The number of hydrogen-bond donors (Lipinski definition) is 0. The Hall–Kier alpha value is -1.55. The topological polar surface area (TPSA) is 73.8 Å². The van der Waals surface area contributed by atoms with Gasteiger partial charge in [-0.25, -0.2) is 13.4 Å². The average Bonchev–Trinajstić information content (AvgIpc) is 3.05. The van der Waals surface area contributed by atoms with Gasteiger partial charge in [0.25, 0.3) is 0 Å². The molecule has 7 nitrogen and oxygen atoms in total. The molecule has 0 fully saturated rings. The lowest BCUT2D eigenvalue weighted by Crippen LogP contribution is -2.44. The van der Waals surface area contributed by atoms with E-state index in [2.05, 4.69) is 24.8 Å². The van der Waals surface area contributed by atoms with Crippen LogP contribution in [0.4, 0.5) is 5.13 Å². The maximum atomic E-state index is 13.0. The second-order valence-corrected chi connectivity index (χ2v) is 10.0. The van der Waals surface area contributed by atoms with E-state index in [4.69, 9.17) is 4.98 Å². The number of nitrogens with zero attached hydrogens (tertiary/aromatic N) is 4. The highest BCUT2D eigenvalue weighted by Crippen LogP contribution is 2.32. The highest BCUT2D eigenvalue weighted by Gasteiger charge is 2.24. The average molecular weight is 427 g/mol. The van der Waals surface area contributed by atoms with Gasteiger partial charge < -0.3 is 4.90 Å². The van der Waals surface area contributed by atoms with Gasteiger partial charge in [0, 0.05) is 20.1 Å². The Morgan fingerprint density at radius 1 is 1.14 bits per heavy atom. The summed E-state index contributed by atoms with van der Waals surface area (Å²) < 4.78 is 25.6. The minimum atomic E-state index is -3.43. The van der Waals surface area contributed by atoms with Crippen molar-refractivity contribution in [3.63, 3.8) is 0 Å². The first-order valence-electron chi connectivity index (χ1n) is 9.39. The van der Waals surface area contributed by atoms with Crippen LogP contribution in [0.1, 0.15) is 25.0 Å². The third kappa shape index (κ3) is 5.28. The normalized spacial score (nSPS) is 12.3. The minimum Gasteiger partial charge on any atom is -0.302 e. The molecule has 9 heteroatoms. The maximum absolute atomic E-state index is 13.0. The molecule has 0 atom stereocenters. The fraction of sp³-hybridized carbons (Fsp3) is 0.579. The summed E-state index contributed by atoms with van der Waals surface area (Å²) in [5.41, 5.74) is 3.16. The van der Waals surface area contributed by atoms with Gasteiger partial charge in [-0.15, -0.1) is 0 Å². The largest absolute Gasteiger partial charge is 0.302 e. The Bertz CT molecular complexity index is 936. The summed E-state index contributed by atoms with van der Waals surface area (Å²) in [4.78, 5) is 21.6. The molecule has 2 rings (SSSR count). The number of fused-ring (bicyclic) bond motifs is 1. The third-order valence-corrected chi connectivity index (χ3v) is 7.37. The molecule has 0 aliphatic rings. The zero-order chi connectivity index (χ0) is 21.1. The van der Waals surface area contributed by atoms with E-state index >= 15 is 0 Å². The van der Waals surface area contributed by atoms with Crippen LogP contribution in [0.2, 0.25) is 0 Å².